The maximum atomic E-state index is 13.3. The van der Waals surface area contributed by atoms with Crippen molar-refractivity contribution in [2.24, 2.45) is 0 Å². The fourth-order valence-electron chi connectivity index (χ4n) is 3.54. The molecule has 2 aromatic carbocycles. The standard InChI is InChI=1S/C22H24N4O2/c27-16-15-24-11-13-25(14-12-24)22(28)20-17-26(19-9-5-2-6-10-19)23-21(20)18-7-3-1-4-8-18/h1-10,17,27H,11-16H2. The summed E-state index contributed by atoms with van der Waals surface area (Å²) in [6, 6.07) is 19.7. The molecule has 2 heterocycles. The minimum Gasteiger partial charge on any atom is -0.395 e. The minimum atomic E-state index is 0.00434. The molecule has 4 rings (SSSR count). The molecule has 1 aliphatic rings. The molecule has 0 saturated carbocycles. The third-order valence-corrected chi connectivity index (χ3v) is 5.09. The van der Waals surface area contributed by atoms with Gasteiger partial charge in [-0.15, -0.1) is 0 Å². The van der Waals surface area contributed by atoms with Crippen LogP contribution in [0.1, 0.15) is 10.4 Å². The van der Waals surface area contributed by atoms with Crippen molar-refractivity contribution in [1.29, 1.82) is 0 Å². The Morgan fingerprint density at radius 1 is 0.929 bits per heavy atom. The predicted octanol–water partition coefficient (Wildman–Crippen LogP) is 2.29. The fraction of sp³-hybridized carbons (Fsp3) is 0.273. The zero-order chi connectivity index (χ0) is 19.3. The van der Waals surface area contributed by atoms with E-state index < -0.39 is 0 Å². The molecular formula is C22H24N4O2. The molecule has 1 N–H and O–H groups in total. The first kappa shape index (κ1) is 18.4. The van der Waals surface area contributed by atoms with Crippen molar-refractivity contribution in [3.8, 4) is 16.9 Å². The normalized spacial score (nSPS) is 15.0. The van der Waals surface area contributed by atoms with Gasteiger partial charge in [-0.1, -0.05) is 48.5 Å². The van der Waals surface area contributed by atoms with Gasteiger partial charge in [-0.3, -0.25) is 9.69 Å². The first-order chi connectivity index (χ1) is 13.8. The number of hydrogen-bond acceptors (Lipinski definition) is 4. The molecular weight excluding hydrogens is 352 g/mol. The fourth-order valence-corrected chi connectivity index (χ4v) is 3.54. The van der Waals surface area contributed by atoms with E-state index in [1.165, 1.54) is 0 Å². The highest BCUT2D eigenvalue weighted by molar-refractivity contribution is 6.00. The Hall–Kier alpha value is -2.96. The molecule has 144 valence electrons. The van der Waals surface area contributed by atoms with Crippen LogP contribution in [0.15, 0.2) is 66.9 Å². The van der Waals surface area contributed by atoms with E-state index in [2.05, 4.69) is 4.90 Å². The monoisotopic (exact) mass is 376 g/mol. The number of carbonyl (C=O) groups is 1. The van der Waals surface area contributed by atoms with Gasteiger partial charge in [0.25, 0.3) is 5.91 Å². The molecule has 0 radical (unpaired) electrons. The molecule has 1 fully saturated rings. The van der Waals surface area contributed by atoms with Gasteiger partial charge in [0.15, 0.2) is 0 Å². The molecule has 3 aromatic rings. The van der Waals surface area contributed by atoms with E-state index in [1.54, 1.807) is 4.68 Å². The highest BCUT2D eigenvalue weighted by Crippen LogP contribution is 2.25. The van der Waals surface area contributed by atoms with E-state index in [9.17, 15) is 4.79 Å². The Kier molecular flexibility index (Phi) is 5.50. The Morgan fingerprint density at radius 3 is 2.21 bits per heavy atom. The number of carbonyl (C=O) groups excluding carboxylic acids is 1. The van der Waals surface area contributed by atoms with Crippen LogP contribution in [0.25, 0.3) is 16.9 Å². The van der Waals surface area contributed by atoms with Crippen molar-refractivity contribution in [3.05, 3.63) is 72.4 Å². The summed E-state index contributed by atoms with van der Waals surface area (Å²) in [6.07, 6.45) is 1.83. The third kappa shape index (κ3) is 3.83. The summed E-state index contributed by atoms with van der Waals surface area (Å²) in [5.41, 5.74) is 3.17. The average molecular weight is 376 g/mol. The number of hydrogen-bond donors (Lipinski definition) is 1. The first-order valence-electron chi connectivity index (χ1n) is 9.59. The summed E-state index contributed by atoms with van der Waals surface area (Å²) < 4.78 is 1.78. The Balaban J connectivity index is 1.65. The molecule has 6 nitrogen and oxygen atoms in total. The minimum absolute atomic E-state index is 0.00434. The van der Waals surface area contributed by atoms with Gasteiger partial charge in [0.2, 0.25) is 0 Å². The highest BCUT2D eigenvalue weighted by Gasteiger charge is 2.26. The SMILES string of the molecule is O=C(c1cn(-c2ccccc2)nc1-c1ccccc1)N1CCN(CCO)CC1. The van der Waals surface area contributed by atoms with Crippen molar-refractivity contribution in [2.75, 3.05) is 39.3 Å². The van der Waals surface area contributed by atoms with E-state index in [1.807, 2.05) is 71.8 Å². The van der Waals surface area contributed by atoms with E-state index in [4.69, 9.17) is 10.2 Å². The largest absolute Gasteiger partial charge is 0.395 e. The molecule has 0 bridgehead atoms. The lowest BCUT2D eigenvalue weighted by Gasteiger charge is -2.34. The number of para-hydroxylation sites is 1. The van der Waals surface area contributed by atoms with E-state index in [0.717, 1.165) is 24.3 Å². The number of aliphatic hydroxyl groups is 1. The van der Waals surface area contributed by atoms with Crippen LogP contribution in [0.3, 0.4) is 0 Å². The number of amides is 1. The van der Waals surface area contributed by atoms with Crippen LogP contribution in [0, 0.1) is 0 Å². The van der Waals surface area contributed by atoms with Gasteiger partial charge in [-0.25, -0.2) is 4.68 Å². The number of aliphatic hydroxyl groups excluding tert-OH is 1. The molecule has 1 aromatic heterocycles. The lowest BCUT2D eigenvalue weighted by molar-refractivity contribution is 0.0615. The van der Waals surface area contributed by atoms with Crippen molar-refractivity contribution in [2.45, 2.75) is 0 Å². The smallest absolute Gasteiger partial charge is 0.257 e. The van der Waals surface area contributed by atoms with Gasteiger partial charge >= 0.3 is 0 Å². The van der Waals surface area contributed by atoms with Gasteiger partial charge in [0.05, 0.1) is 17.9 Å². The summed E-state index contributed by atoms with van der Waals surface area (Å²) in [6.45, 7) is 3.67. The van der Waals surface area contributed by atoms with Gasteiger partial charge in [0.1, 0.15) is 5.69 Å². The van der Waals surface area contributed by atoms with Crippen LogP contribution in [-0.2, 0) is 0 Å². The van der Waals surface area contributed by atoms with Crippen molar-refractivity contribution in [1.82, 2.24) is 19.6 Å². The molecule has 1 amide bonds. The second kappa shape index (κ2) is 8.37. The maximum absolute atomic E-state index is 13.3. The molecule has 1 aliphatic heterocycles. The number of rotatable bonds is 5. The van der Waals surface area contributed by atoms with E-state index in [0.29, 0.717) is 30.9 Å². The predicted molar refractivity (Wildman–Crippen MR) is 108 cm³/mol. The first-order valence-corrected chi connectivity index (χ1v) is 9.59. The van der Waals surface area contributed by atoms with Gasteiger partial charge in [0, 0.05) is 44.5 Å². The Bertz CT molecular complexity index is 916. The zero-order valence-corrected chi connectivity index (χ0v) is 15.7. The van der Waals surface area contributed by atoms with Crippen LogP contribution in [-0.4, -0.2) is 69.9 Å². The van der Waals surface area contributed by atoms with E-state index in [-0.39, 0.29) is 12.5 Å². The van der Waals surface area contributed by atoms with Gasteiger partial charge < -0.3 is 10.0 Å². The average Bonchev–Trinajstić information content (AvgIpc) is 3.21. The molecule has 0 aliphatic carbocycles. The van der Waals surface area contributed by atoms with Crippen LogP contribution in [0.2, 0.25) is 0 Å². The highest BCUT2D eigenvalue weighted by atomic mass is 16.3. The molecule has 0 unspecified atom stereocenters. The van der Waals surface area contributed by atoms with Crippen LogP contribution < -0.4 is 0 Å². The summed E-state index contributed by atoms with van der Waals surface area (Å²) >= 11 is 0. The van der Waals surface area contributed by atoms with Gasteiger partial charge in [-0.05, 0) is 12.1 Å². The van der Waals surface area contributed by atoms with E-state index >= 15 is 0 Å². The number of benzene rings is 2. The summed E-state index contributed by atoms with van der Waals surface area (Å²) in [7, 11) is 0. The second-order valence-electron chi connectivity index (χ2n) is 6.89. The molecule has 6 heteroatoms. The van der Waals surface area contributed by atoms with Gasteiger partial charge in [-0.2, -0.15) is 5.10 Å². The number of β-amino-alcohol motifs (C(OH)–C–C–N with tert-alkyl or cyclic N) is 1. The maximum Gasteiger partial charge on any atom is 0.257 e. The topological polar surface area (TPSA) is 61.6 Å². The number of nitrogens with zero attached hydrogens (tertiary/aromatic N) is 4. The molecule has 1 saturated heterocycles. The third-order valence-electron chi connectivity index (χ3n) is 5.09. The van der Waals surface area contributed by atoms with Crippen LogP contribution in [0.5, 0.6) is 0 Å². The molecule has 28 heavy (non-hydrogen) atoms. The number of aromatic nitrogens is 2. The van der Waals surface area contributed by atoms with Crippen molar-refractivity contribution < 1.29 is 9.90 Å². The lowest BCUT2D eigenvalue weighted by Crippen LogP contribution is -2.49. The molecule has 0 spiro atoms. The Labute approximate surface area is 164 Å². The van der Waals surface area contributed by atoms with Crippen LogP contribution >= 0.6 is 0 Å². The van der Waals surface area contributed by atoms with Crippen molar-refractivity contribution >= 4 is 5.91 Å². The Morgan fingerprint density at radius 2 is 1.57 bits per heavy atom. The van der Waals surface area contributed by atoms with Crippen molar-refractivity contribution in [3.63, 3.8) is 0 Å². The second-order valence-corrected chi connectivity index (χ2v) is 6.89. The summed E-state index contributed by atoms with van der Waals surface area (Å²) in [4.78, 5) is 17.4. The van der Waals surface area contributed by atoms with Crippen LogP contribution in [0.4, 0.5) is 0 Å². The zero-order valence-electron chi connectivity index (χ0n) is 15.7. The lowest BCUT2D eigenvalue weighted by atomic mass is 10.1. The summed E-state index contributed by atoms with van der Waals surface area (Å²) in [5, 5.41) is 13.8. The molecule has 0 atom stereocenters. The summed E-state index contributed by atoms with van der Waals surface area (Å²) in [5.74, 6) is 0.00434. The number of piperazine rings is 1. The quantitative estimate of drug-likeness (QED) is 0.742.